The quantitative estimate of drug-likeness (QED) is 0.854. The number of benzene rings is 1. The second kappa shape index (κ2) is 3.87. The topological polar surface area (TPSA) is 57.6 Å². The minimum absolute atomic E-state index is 0.323. The lowest BCUT2D eigenvalue weighted by Gasteiger charge is -2.24. The standard InChI is InChI=1S/C13H15NO3/c1-3-13(4-2)9-7-5-6-8-10(9)14(11(13)15)12(16)17/h5-8H,3-4H2,1-2H3,(H,16,17). The molecule has 1 N–H and O–H groups in total. The van der Waals surface area contributed by atoms with Crippen LogP contribution in [-0.2, 0) is 10.2 Å². The number of hydrogen-bond acceptors (Lipinski definition) is 2. The van der Waals surface area contributed by atoms with E-state index in [9.17, 15) is 9.59 Å². The first-order valence-corrected chi connectivity index (χ1v) is 5.75. The van der Waals surface area contributed by atoms with Crippen LogP contribution in [0.4, 0.5) is 10.5 Å². The van der Waals surface area contributed by atoms with Gasteiger partial charge in [0.25, 0.3) is 0 Å². The van der Waals surface area contributed by atoms with E-state index >= 15 is 0 Å². The maximum Gasteiger partial charge on any atom is 0.418 e. The summed E-state index contributed by atoms with van der Waals surface area (Å²) in [7, 11) is 0. The van der Waals surface area contributed by atoms with Gasteiger partial charge in [-0.25, -0.2) is 9.69 Å². The minimum Gasteiger partial charge on any atom is -0.464 e. The van der Waals surface area contributed by atoms with Crippen molar-refractivity contribution >= 4 is 17.7 Å². The zero-order valence-electron chi connectivity index (χ0n) is 9.93. The number of carbonyl (C=O) groups excluding carboxylic acids is 1. The monoisotopic (exact) mass is 233 g/mol. The normalized spacial score (nSPS) is 17.1. The molecule has 1 aromatic rings. The third-order valence-corrected chi connectivity index (χ3v) is 3.67. The summed E-state index contributed by atoms with van der Waals surface area (Å²) in [4.78, 5) is 24.4. The number of fused-ring (bicyclic) bond motifs is 1. The van der Waals surface area contributed by atoms with Crippen LogP contribution in [0.1, 0.15) is 32.3 Å². The molecule has 17 heavy (non-hydrogen) atoms. The average molecular weight is 233 g/mol. The van der Waals surface area contributed by atoms with Crippen molar-refractivity contribution in [3.63, 3.8) is 0 Å². The van der Waals surface area contributed by atoms with Crippen molar-refractivity contribution in [2.75, 3.05) is 4.90 Å². The van der Waals surface area contributed by atoms with Crippen molar-refractivity contribution in [2.45, 2.75) is 32.1 Å². The van der Waals surface area contributed by atoms with Crippen LogP contribution in [0.2, 0.25) is 0 Å². The molecule has 2 amide bonds. The van der Waals surface area contributed by atoms with Crippen LogP contribution in [0.25, 0.3) is 0 Å². The number of imide groups is 1. The van der Waals surface area contributed by atoms with Gasteiger partial charge in [-0.05, 0) is 24.5 Å². The second-order valence-electron chi connectivity index (χ2n) is 4.23. The van der Waals surface area contributed by atoms with E-state index in [-0.39, 0.29) is 5.91 Å². The van der Waals surface area contributed by atoms with Crippen LogP contribution in [0.15, 0.2) is 24.3 Å². The van der Waals surface area contributed by atoms with E-state index in [1.807, 2.05) is 26.0 Å². The maximum absolute atomic E-state index is 12.3. The molecule has 0 saturated heterocycles. The lowest BCUT2D eigenvalue weighted by atomic mass is 9.77. The van der Waals surface area contributed by atoms with Crippen LogP contribution in [0.5, 0.6) is 0 Å². The van der Waals surface area contributed by atoms with E-state index in [1.54, 1.807) is 12.1 Å². The highest BCUT2D eigenvalue weighted by Gasteiger charge is 2.50. The molecule has 0 fully saturated rings. The molecule has 4 nitrogen and oxygen atoms in total. The summed E-state index contributed by atoms with van der Waals surface area (Å²) in [5, 5.41) is 9.16. The molecule has 0 atom stereocenters. The van der Waals surface area contributed by atoms with Gasteiger partial charge in [0.15, 0.2) is 0 Å². The molecule has 1 aliphatic rings. The number of amides is 2. The molecule has 0 unspecified atom stereocenters. The van der Waals surface area contributed by atoms with Gasteiger partial charge >= 0.3 is 6.09 Å². The number of carboxylic acid groups (broad SMARTS) is 1. The van der Waals surface area contributed by atoms with Gasteiger partial charge in [0.1, 0.15) is 0 Å². The van der Waals surface area contributed by atoms with Crippen LogP contribution in [0.3, 0.4) is 0 Å². The molecule has 4 heteroatoms. The Morgan fingerprint density at radius 3 is 2.41 bits per heavy atom. The smallest absolute Gasteiger partial charge is 0.418 e. The van der Waals surface area contributed by atoms with Gasteiger partial charge in [-0.1, -0.05) is 32.0 Å². The number of anilines is 1. The molecule has 0 bridgehead atoms. The van der Waals surface area contributed by atoms with Crippen molar-refractivity contribution in [3.05, 3.63) is 29.8 Å². The summed E-state index contributed by atoms with van der Waals surface area (Å²) in [6.45, 7) is 3.84. The molecule has 1 aromatic carbocycles. The molecule has 0 aromatic heterocycles. The van der Waals surface area contributed by atoms with Crippen molar-refractivity contribution in [1.82, 2.24) is 0 Å². The molecule has 0 aliphatic carbocycles. The Labute approximate surface area is 99.9 Å². The largest absolute Gasteiger partial charge is 0.464 e. The second-order valence-corrected chi connectivity index (χ2v) is 4.23. The number of para-hydroxylation sites is 1. The van der Waals surface area contributed by atoms with Crippen molar-refractivity contribution < 1.29 is 14.7 Å². The molecule has 1 heterocycles. The van der Waals surface area contributed by atoms with Gasteiger partial charge < -0.3 is 5.11 Å². The predicted octanol–water partition coefficient (Wildman–Crippen LogP) is 2.77. The van der Waals surface area contributed by atoms with E-state index in [0.717, 1.165) is 10.5 Å². The van der Waals surface area contributed by atoms with Crippen LogP contribution < -0.4 is 4.90 Å². The minimum atomic E-state index is -1.20. The zero-order valence-corrected chi connectivity index (χ0v) is 9.93. The fourth-order valence-electron chi connectivity index (χ4n) is 2.64. The highest BCUT2D eigenvalue weighted by Crippen LogP contribution is 2.45. The Morgan fingerprint density at radius 1 is 1.29 bits per heavy atom. The first-order chi connectivity index (χ1) is 8.08. The lowest BCUT2D eigenvalue weighted by Crippen LogP contribution is -2.42. The summed E-state index contributed by atoms with van der Waals surface area (Å²) in [5.74, 6) is -0.323. The molecule has 0 saturated carbocycles. The van der Waals surface area contributed by atoms with Gasteiger partial charge in [0.05, 0.1) is 11.1 Å². The molecule has 90 valence electrons. The fourth-order valence-corrected chi connectivity index (χ4v) is 2.64. The van der Waals surface area contributed by atoms with E-state index in [4.69, 9.17) is 5.11 Å². The van der Waals surface area contributed by atoms with E-state index in [1.165, 1.54) is 0 Å². The Balaban J connectivity index is 2.68. The van der Waals surface area contributed by atoms with E-state index in [0.29, 0.717) is 18.5 Å². The predicted molar refractivity (Wildman–Crippen MR) is 64.2 cm³/mol. The molecular weight excluding hydrogens is 218 g/mol. The van der Waals surface area contributed by atoms with Gasteiger partial charge in [-0.15, -0.1) is 0 Å². The van der Waals surface area contributed by atoms with Crippen molar-refractivity contribution in [3.8, 4) is 0 Å². The molecule has 2 rings (SSSR count). The molecular formula is C13H15NO3. The van der Waals surface area contributed by atoms with Gasteiger partial charge in [0, 0.05) is 0 Å². The average Bonchev–Trinajstić information content (AvgIpc) is 2.58. The first kappa shape index (κ1) is 11.6. The van der Waals surface area contributed by atoms with Crippen LogP contribution >= 0.6 is 0 Å². The number of carbonyl (C=O) groups is 2. The summed E-state index contributed by atoms with van der Waals surface area (Å²) >= 11 is 0. The Bertz CT molecular complexity index is 477. The Kier molecular flexibility index (Phi) is 2.65. The lowest BCUT2D eigenvalue weighted by molar-refractivity contribution is -0.122. The van der Waals surface area contributed by atoms with Crippen LogP contribution in [0, 0.1) is 0 Å². The van der Waals surface area contributed by atoms with Crippen molar-refractivity contribution in [2.24, 2.45) is 0 Å². The highest BCUT2D eigenvalue weighted by molar-refractivity contribution is 6.20. The summed E-state index contributed by atoms with van der Waals surface area (Å²) < 4.78 is 0. The van der Waals surface area contributed by atoms with Gasteiger partial charge in [-0.2, -0.15) is 0 Å². The summed E-state index contributed by atoms with van der Waals surface area (Å²) in [5.41, 5.74) is 0.667. The zero-order chi connectivity index (χ0) is 12.6. The third kappa shape index (κ3) is 1.37. The third-order valence-electron chi connectivity index (χ3n) is 3.67. The van der Waals surface area contributed by atoms with Crippen molar-refractivity contribution in [1.29, 1.82) is 0 Å². The summed E-state index contributed by atoms with van der Waals surface area (Å²) in [6, 6.07) is 7.14. The first-order valence-electron chi connectivity index (χ1n) is 5.75. The van der Waals surface area contributed by atoms with Gasteiger partial charge in [-0.3, -0.25) is 4.79 Å². The van der Waals surface area contributed by atoms with E-state index in [2.05, 4.69) is 0 Å². The number of nitrogens with zero attached hydrogens (tertiary/aromatic N) is 1. The molecule has 0 spiro atoms. The highest BCUT2D eigenvalue weighted by atomic mass is 16.4. The molecule has 0 radical (unpaired) electrons. The van der Waals surface area contributed by atoms with E-state index < -0.39 is 11.5 Å². The Hall–Kier alpha value is -1.84. The number of rotatable bonds is 2. The Morgan fingerprint density at radius 2 is 1.88 bits per heavy atom. The summed E-state index contributed by atoms with van der Waals surface area (Å²) in [6.07, 6.45) is 0.0259. The SMILES string of the molecule is CCC1(CC)C(=O)N(C(=O)O)c2ccccc21. The maximum atomic E-state index is 12.3. The fraction of sp³-hybridized carbons (Fsp3) is 0.385. The van der Waals surface area contributed by atoms with Crippen LogP contribution in [-0.4, -0.2) is 17.1 Å². The molecule has 1 aliphatic heterocycles. The van der Waals surface area contributed by atoms with Gasteiger partial charge in [0.2, 0.25) is 5.91 Å². The number of hydrogen-bond donors (Lipinski definition) is 1.